The quantitative estimate of drug-likeness (QED) is 0.856. The Kier molecular flexibility index (Phi) is 6.67. The van der Waals surface area contributed by atoms with E-state index in [0.717, 1.165) is 0 Å². The number of hydrogen-bond donors (Lipinski definition) is 1. The summed E-state index contributed by atoms with van der Waals surface area (Å²) in [6, 6.07) is 0.631. The standard InChI is InChI=1S/C11H17N3O2.2ClH/c1-7-4-14(5-8(2)13-7)11(15)10-9(3)12-6-16-10;;/h6-8,13H,4-5H2,1-3H3;2*1H. The van der Waals surface area contributed by atoms with Crippen LogP contribution in [0.3, 0.4) is 0 Å². The van der Waals surface area contributed by atoms with E-state index >= 15 is 0 Å². The van der Waals surface area contributed by atoms with Crippen LogP contribution in [0.15, 0.2) is 10.8 Å². The molecule has 18 heavy (non-hydrogen) atoms. The molecule has 1 saturated heterocycles. The molecule has 0 saturated carbocycles. The van der Waals surface area contributed by atoms with E-state index < -0.39 is 0 Å². The summed E-state index contributed by atoms with van der Waals surface area (Å²) in [4.78, 5) is 17.9. The van der Waals surface area contributed by atoms with Crippen LogP contribution in [-0.2, 0) is 0 Å². The van der Waals surface area contributed by atoms with Gasteiger partial charge in [-0.05, 0) is 20.8 Å². The minimum atomic E-state index is -0.0600. The zero-order valence-corrected chi connectivity index (χ0v) is 12.3. The number of aryl methyl sites for hydroxylation is 1. The molecule has 2 atom stereocenters. The van der Waals surface area contributed by atoms with Crippen molar-refractivity contribution in [3.05, 3.63) is 17.8 Å². The summed E-state index contributed by atoms with van der Waals surface area (Å²) in [6.45, 7) is 7.35. The van der Waals surface area contributed by atoms with E-state index in [2.05, 4.69) is 24.1 Å². The molecule has 1 N–H and O–H groups in total. The third-order valence-electron chi connectivity index (χ3n) is 2.78. The predicted octanol–water partition coefficient (Wildman–Crippen LogP) is 1.65. The molecule has 0 aromatic carbocycles. The molecule has 0 spiro atoms. The maximum Gasteiger partial charge on any atom is 0.291 e. The number of aromatic nitrogens is 1. The minimum absolute atomic E-state index is 0. The normalized spacial score (nSPS) is 22.9. The number of carbonyl (C=O) groups excluding carboxylic acids is 1. The summed E-state index contributed by atoms with van der Waals surface area (Å²) in [7, 11) is 0. The van der Waals surface area contributed by atoms with Gasteiger partial charge in [-0.3, -0.25) is 4.79 Å². The third-order valence-corrected chi connectivity index (χ3v) is 2.78. The van der Waals surface area contributed by atoms with Gasteiger partial charge in [0.1, 0.15) is 0 Å². The van der Waals surface area contributed by atoms with Crippen molar-refractivity contribution >= 4 is 30.7 Å². The summed E-state index contributed by atoms with van der Waals surface area (Å²) in [5.74, 6) is 0.302. The van der Waals surface area contributed by atoms with Crippen LogP contribution in [0.4, 0.5) is 0 Å². The van der Waals surface area contributed by atoms with Gasteiger partial charge in [0, 0.05) is 25.2 Å². The van der Waals surface area contributed by atoms with Crippen LogP contribution >= 0.6 is 24.8 Å². The molecule has 2 heterocycles. The van der Waals surface area contributed by atoms with Gasteiger partial charge in [0.15, 0.2) is 6.39 Å². The lowest BCUT2D eigenvalue weighted by Crippen LogP contribution is -2.55. The Morgan fingerprint density at radius 2 is 1.94 bits per heavy atom. The molecule has 2 rings (SSSR count). The van der Waals surface area contributed by atoms with Crippen LogP contribution in [0, 0.1) is 6.92 Å². The predicted molar refractivity (Wildman–Crippen MR) is 73.7 cm³/mol. The van der Waals surface area contributed by atoms with E-state index in [-0.39, 0.29) is 30.7 Å². The second kappa shape index (κ2) is 6.97. The van der Waals surface area contributed by atoms with Gasteiger partial charge in [0.2, 0.25) is 5.76 Å². The Bertz CT molecular complexity index is 387. The Labute approximate surface area is 119 Å². The second-order valence-corrected chi connectivity index (χ2v) is 4.45. The molecule has 7 heteroatoms. The van der Waals surface area contributed by atoms with Crippen molar-refractivity contribution in [2.24, 2.45) is 0 Å². The van der Waals surface area contributed by atoms with Crippen LogP contribution in [0.2, 0.25) is 0 Å². The van der Waals surface area contributed by atoms with Crippen molar-refractivity contribution in [1.82, 2.24) is 15.2 Å². The molecule has 0 bridgehead atoms. The summed E-state index contributed by atoms with van der Waals surface area (Å²) in [5.41, 5.74) is 0.656. The van der Waals surface area contributed by atoms with E-state index in [0.29, 0.717) is 36.6 Å². The molecule has 1 aliphatic rings. The van der Waals surface area contributed by atoms with Crippen molar-refractivity contribution in [2.75, 3.05) is 13.1 Å². The van der Waals surface area contributed by atoms with Crippen LogP contribution < -0.4 is 5.32 Å². The maximum atomic E-state index is 12.1. The molecule has 2 unspecified atom stereocenters. The first kappa shape index (κ1) is 17.2. The zero-order valence-electron chi connectivity index (χ0n) is 10.7. The van der Waals surface area contributed by atoms with E-state index in [1.807, 2.05) is 4.90 Å². The molecule has 1 aromatic heterocycles. The van der Waals surface area contributed by atoms with Gasteiger partial charge in [-0.2, -0.15) is 0 Å². The highest BCUT2D eigenvalue weighted by Gasteiger charge is 2.28. The first-order valence-corrected chi connectivity index (χ1v) is 5.53. The topological polar surface area (TPSA) is 58.4 Å². The largest absolute Gasteiger partial charge is 0.438 e. The van der Waals surface area contributed by atoms with Gasteiger partial charge in [0.25, 0.3) is 5.91 Å². The first-order valence-electron chi connectivity index (χ1n) is 5.53. The molecule has 1 aromatic rings. The Hall–Kier alpha value is -0.780. The number of oxazole rings is 1. The lowest BCUT2D eigenvalue weighted by molar-refractivity contribution is 0.0641. The van der Waals surface area contributed by atoms with Gasteiger partial charge in [-0.15, -0.1) is 24.8 Å². The summed E-state index contributed by atoms with van der Waals surface area (Å²) >= 11 is 0. The van der Waals surface area contributed by atoms with Crippen LogP contribution in [0.5, 0.6) is 0 Å². The van der Waals surface area contributed by atoms with Gasteiger partial charge in [-0.25, -0.2) is 4.98 Å². The van der Waals surface area contributed by atoms with Crippen LogP contribution in [-0.4, -0.2) is 41.0 Å². The third kappa shape index (κ3) is 3.60. The number of nitrogens with zero attached hydrogens (tertiary/aromatic N) is 2. The fourth-order valence-corrected chi connectivity index (χ4v) is 2.14. The van der Waals surface area contributed by atoms with E-state index in [9.17, 15) is 4.79 Å². The van der Waals surface area contributed by atoms with Crippen molar-refractivity contribution < 1.29 is 9.21 Å². The number of nitrogens with one attached hydrogen (secondary N) is 1. The van der Waals surface area contributed by atoms with Crippen LogP contribution in [0.25, 0.3) is 0 Å². The monoisotopic (exact) mass is 295 g/mol. The second-order valence-electron chi connectivity index (χ2n) is 4.45. The lowest BCUT2D eigenvalue weighted by atomic mass is 10.1. The van der Waals surface area contributed by atoms with Crippen molar-refractivity contribution in [2.45, 2.75) is 32.9 Å². The number of halogens is 2. The Balaban J connectivity index is 0.00000144. The number of hydrogen-bond acceptors (Lipinski definition) is 4. The fourth-order valence-electron chi connectivity index (χ4n) is 2.14. The number of piperazine rings is 1. The summed E-state index contributed by atoms with van der Waals surface area (Å²) < 4.78 is 5.13. The smallest absolute Gasteiger partial charge is 0.291 e. The molecular weight excluding hydrogens is 277 g/mol. The molecule has 1 fully saturated rings. The molecule has 1 aliphatic heterocycles. The molecule has 0 radical (unpaired) electrons. The highest BCUT2D eigenvalue weighted by Crippen LogP contribution is 2.12. The SMILES string of the molecule is Cc1ncoc1C(=O)N1CC(C)NC(C)C1.Cl.Cl. The molecule has 1 amide bonds. The van der Waals surface area contributed by atoms with Crippen molar-refractivity contribution in [3.8, 4) is 0 Å². The van der Waals surface area contributed by atoms with Crippen molar-refractivity contribution in [3.63, 3.8) is 0 Å². The minimum Gasteiger partial charge on any atom is -0.438 e. The number of carbonyl (C=O) groups is 1. The molecule has 0 aliphatic carbocycles. The Morgan fingerprint density at radius 3 is 2.39 bits per heavy atom. The summed E-state index contributed by atoms with van der Waals surface area (Å²) in [5, 5.41) is 3.38. The first-order chi connectivity index (χ1) is 7.58. The van der Waals surface area contributed by atoms with Crippen molar-refractivity contribution in [1.29, 1.82) is 0 Å². The fraction of sp³-hybridized carbons (Fsp3) is 0.636. The number of amides is 1. The van der Waals surface area contributed by atoms with Gasteiger partial charge < -0.3 is 14.6 Å². The van der Waals surface area contributed by atoms with E-state index in [4.69, 9.17) is 4.42 Å². The lowest BCUT2D eigenvalue weighted by Gasteiger charge is -2.35. The zero-order chi connectivity index (χ0) is 11.7. The van der Waals surface area contributed by atoms with Crippen LogP contribution in [0.1, 0.15) is 30.1 Å². The molecular formula is C11H19Cl2N3O2. The average molecular weight is 296 g/mol. The maximum absolute atomic E-state index is 12.1. The highest BCUT2D eigenvalue weighted by molar-refractivity contribution is 5.92. The molecule has 104 valence electrons. The summed E-state index contributed by atoms with van der Waals surface area (Å²) in [6.07, 6.45) is 1.32. The van der Waals surface area contributed by atoms with E-state index in [1.54, 1.807) is 6.92 Å². The average Bonchev–Trinajstić information content (AvgIpc) is 2.62. The highest BCUT2D eigenvalue weighted by atomic mass is 35.5. The van der Waals surface area contributed by atoms with Gasteiger partial charge >= 0.3 is 0 Å². The van der Waals surface area contributed by atoms with Gasteiger partial charge in [-0.1, -0.05) is 0 Å². The van der Waals surface area contributed by atoms with E-state index in [1.165, 1.54) is 6.39 Å². The number of rotatable bonds is 1. The molecule has 5 nitrogen and oxygen atoms in total. The Morgan fingerprint density at radius 1 is 1.39 bits per heavy atom. The van der Waals surface area contributed by atoms with Gasteiger partial charge in [0.05, 0.1) is 5.69 Å².